The molecule has 6 heteroatoms. The predicted molar refractivity (Wildman–Crippen MR) is 87.0 cm³/mol. The van der Waals surface area contributed by atoms with Gasteiger partial charge in [0.1, 0.15) is 0 Å². The van der Waals surface area contributed by atoms with Crippen molar-refractivity contribution in [2.24, 2.45) is 5.92 Å². The molecule has 0 bridgehead atoms. The molecule has 1 aromatic rings. The van der Waals surface area contributed by atoms with Gasteiger partial charge in [-0.3, -0.25) is 14.5 Å². The van der Waals surface area contributed by atoms with Crippen molar-refractivity contribution in [3.05, 3.63) is 35.9 Å². The Kier molecular flexibility index (Phi) is 7.35. The molecule has 0 aromatic heterocycles. The summed E-state index contributed by atoms with van der Waals surface area (Å²) < 4.78 is 0. The second-order valence-electron chi connectivity index (χ2n) is 5.59. The zero-order chi connectivity index (χ0) is 15.2. The van der Waals surface area contributed by atoms with Gasteiger partial charge in [0.05, 0.1) is 18.5 Å². The average Bonchev–Trinajstić information content (AvgIpc) is 2.48. The van der Waals surface area contributed by atoms with E-state index >= 15 is 0 Å². The molecule has 0 aliphatic carbocycles. The second-order valence-corrected chi connectivity index (χ2v) is 5.59. The largest absolute Gasteiger partial charge is 0.481 e. The summed E-state index contributed by atoms with van der Waals surface area (Å²) in [7, 11) is 0. The number of carboxylic acids is 1. The Labute approximate surface area is 137 Å². The summed E-state index contributed by atoms with van der Waals surface area (Å²) in [4.78, 5) is 24.9. The third-order valence-electron chi connectivity index (χ3n) is 3.98. The molecular weight excluding hydrogens is 304 g/mol. The van der Waals surface area contributed by atoms with Crippen molar-refractivity contribution in [1.82, 2.24) is 10.2 Å². The quantitative estimate of drug-likeness (QED) is 0.869. The molecule has 122 valence electrons. The van der Waals surface area contributed by atoms with Crippen LogP contribution < -0.4 is 5.32 Å². The average molecular weight is 327 g/mol. The van der Waals surface area contributed by atoms with Gasteiger partial charge in [-0.1, -0.05) is 30.3 Å². The molecule has 5 nitrogen and oxygen atoms in total. The Balaban J connectivity index is 0.00000242. The van der Waals surface area contributed by atoms with E-state index in [-0.39, 0.29) is 30.3 Å². The van der Waals surface area contributed by atoms with Crippen LogP contribution in [0.2, 0.25) is 0 Å². The van der Waals surface area contributed by atoms with Crippen LogP contribution in [0.1, 0.15) is 31.4 Å². The third-order valence-corrected chi connectivity index (χ3v) is 3.98. The second kappa shape index (κ2) is 8.76. The van der Waals surface area contributed by atoms with Gasteiger partial charge in [-0.2, -0.15) is 0 Å². The molecule has 2 N–H and O–H groups in total. The highest BCUT2D eigenvalue weighted by Crippen LogP contribution is 2.17. The predicted octanol–water partition coefficient (Wildman–Crippen LogP) is 2.08. The zero-order valence-electron chi connectivity index (χ0n) is 12.7. The molecule has 1 aliphatic rings. The molecule has 1 fully saturated rings. The maximum Gasteiger partial charge on any atom is 0.306 e. The van der Waals surface area contributed by atoms with E-state index in [2.05, 4.69) is 5.32 Å². The van der Waals surface area contributed by atoms with Crippen LogP contribution in [0.5, 0.6) is 0 Å². The fourth-order valence-electron chi connectivity index (χ4n) is 2.65. The topological polar surface area (TPSA) is 69.6 Å². The lowest BCUT2D eigenvalue weighted by Crippen LogP contribution is -2.43. The third kappa shape index (κ3) is 5.31. The number of nitrogens with one attached hydrogen (secondary N) is 1. The van der Waals surface area contributed by atoms with Crippen molar-refractivity contribution in [1.29, 1.82) is 0 Å². The first kappa shape index (κ1) is 18.5. The molecular formula is C16H23ClN2O3. The molecule has 1 atom stereocenters. The highest BCUT2D eigenvalue weighted by Gasteiger charge is 2.25. The highest BCUT2D eigenvalue weighted by molar-refractivity contribution is 5.85. The summed E-state index contributed by atoms with van der Waals surface area (Å²) in [5.74, 6) is -0.996. The van der Waals surface area contributed by atoms with Gasteiger partial charge in [-0.05, 0) is 38.4 Å². The molecule has 1 saturated heterocycles. The number of amides is 1. The van der Waals surface area contributed by atoms with Gasteiger partial charge in [-0.15, -0.1) is 12.4 Å². The fraction of sp³-hybridized carbons (Fsp3) is 0.500. The molecule has 1 heterocycles. The minimum absolute atomic E-state index is 0. The van der Waals surface area contributed by atoms with Crippen LogP contribution >= 0.6 is 12.4 Å². The van der Waals surface area contributed by atoms with Crippen molar-refractivity contribution >= 4 is 24.3 Å². The lowest BCUT2D eigenvalue weighted by molar-refractivity contribution is -0.143. The Morgan fingerprint density at radius 3 is 2.41 bits per heavy atom. The number of halogens is 1. The number of carbonyl (C=O) groups excluding carboxylic acids is 1. The number of rotatable bonds is 5. The van der Waals surface area contributed by atoms with E-state index in [4.69, 9.17) is 5.11 Å². The minimum atomic E-state index is -0.725. The Bertz CT molecular complexity index is 487. The van der Waals surface area contributed by atoms with Gasteiger partial charge in [-0.25, -0.2) is 0 Å². The van der Waals surface area contributed by atoms with Crippen molar-refractivity contribution in [2.75, 3.05) is 19.6 Å². The number of piperidine rings is 1. The molecule has 0 saturated carbocycles. The van der Waals surface area contributed by atoms with Gasteiger partial charge >= 0.3 is 5.97 Å². The standard InChI is InChI=1S/C16H22N2O3.ClH/c1-12(13-5-3-2-4-6-13)17-15(19)11-18-9-7-14(8-10-18)16(20)21;/h2-6,12,14H,7-11H2,1H3,(H,17,19)(H,20,21);1H. The van der Waals surface area contributed by atoms with Crippen LogP contribution in [0, 0.1) is 5.92 Å². The fourth-order valence-corrected chi connectivity index (χ4v) is 2.65. The van der Waals surface area contributed by atoms with Crippen LogP contribution in [0.3, 0.4) is 0 Å². The van der Waals surface area contributed by atoms with Gasteiger partial charge in [0.15, 0.2) is 0 Å². The van der Waals surface area contributed by atoms with Crippen LogP contribution in [0.25, 0.3) is 0 Å². The first-order chi connectivity index (χ1) is 10.1. The van der Waals surface area contributed by atoms with Gasteiger partial charge < -0.3 is 10.4 Å². The van der Waals surface area contributed by atoms with E-state index in [0.29, 0.717) is 32.5 Å². The summed E-state index contributed by atoms with van der Waals surface area (Å²) in [6, 6.07) is 9.82. The Morgan fingerprint density at radius 1 is 1.27 bits per heavy atom. The number of likely N-dealkylation sites (tertiary alicyclic amines) is 1. The molecule has 0 radical (unpaired) electrons. The Morgan fingerprint density at radius 2 is 1.86 bits per heavy atom. The molecule has 1 aliphatic heterocycles. The summed E-state index contributed by atoms with van der Waals surface area (Å²) >= 11 is 0. The van der Waals surface area contributed by atoms with Crippen LogP contribution in [0.15, 0.2) is 30.3 Å². The summed E-state index contributed by atoms with van der Waals surface area (Å²) in [5, 5.41) is 11.9. The van der Waals surface area contributed by atoms with Gasteiger partial charge in [0, 0.05) is 0 Å². The number of aliphatic carboxylic acids is 1. The zero-order valence-corrected chi connectivity index (χ0v) is 13.5. The van der Waals surface area contributed by atoms with E-state index in [1.165, 1.54) is 0 Å². The van der Waals surface area contributed by atoms with Crippen molar-refractivity contribution < 1.29 is 14.7 Å². The van der Waals surface area contributed by atoms with E-state index in [1.54, 1.807) is 0 Å². The molecule has 1 unspecified atom stereocenters. The number of benzene rings is 1. The normalized spacial score (nSPS) is 17.3. The van der Waals surface area contributed by atoms with Crippen LogP contribution in [-0.4, -0.2) is 41.5 Å². The molecule has 0 spiro atoms. The number of nitrogens with zero attached hydrogens (tertiary/aromatic N) is 1. The molecule has 2 rings (SSSR count). The summed E-state index contributed by atoms with van der Waals surface area (Å²) in [6.45, 7) is 3.64. The SMILES string of the molecule is CC(NC(=O)CN1CCC(C(=O)O)CC1)c1ccccc1.Cl. The first-order valence-electron chi connectivity index (χ1n) is 7.35. The van der Waals surface area contributed by atoms with Crippen molar-refractivity contribution in [3.63, 3.8) is 0 Å². The lowest BCUT2D eigenvalue weighted by Gasteiger charge is -2.29. The van der Waals surface area contributed by atoms with Crippen molar-refractivity contribution in [2.45, 2.75) is 25.8 Å². The van der Waals surface area contributed by atoms with Crippen molar-refractivity contribution in [3.8, 4) is 0 Å². The minimum Gasteiger partial charge on any atom is -0.481 e. The smallest absolute Gasteiger partial charge is 0.306 e. The maximum atomic E-state index is 12.0. The first-order valence-corrected chi connectivity index (χ1v) is 7.35. The van der Waals surface area contributed by atoms with E-state index in [0.717, 1.165) is 5.56 Å². The van der Waals surface area contributed by atoms with Crippen LogP contribution in [-0.2, 0) is 9.59 Å². The molecule has 1 amide bonds. The molecule has 1 aromatic carbocycles. The number of carbonyl (C=O) groups is 2. The van der Waals surface area contributed by atoms with E-state index in [1.807, 2.05) is 42.2 Å². The number of carboxylic acid groups (broad SMARTS) is 1. The lowest BCUT2D eigenvalue weighted by atomic mass is 9.97. The number of hydrogen-bond acceptors (Lipinski definition) is 3. The maximum absolute atomic E-state index is 12.0. The highest BCUT2D eigenvalue weighted by atomic mass is 35.5. The monoisotopic (exact) mass is 326 g/mol. The number of hydrogen-bond donors (Lipinski definition) is 2. The molecule has 22 heavy (non-hydrogen) atoms. The summed E-state index contributed by atoms with van der Waals surface area (Å²) in [5.41, 5.74) is 1.08. The van der Waals surface area contributed by atoms with Gasteiger partial charge in [0.25, 0.3) is 0 Å². The van der Waals surface area contributed by atoms with Gasteiger partial charge in [0.2, 0.25) is 5.91 Å². The van der Waals surface area contributed by atoms with E-state index in [9.17, 15) is 9.59 Å². The van der Waals surface area contributed by atoms with E-state index < -0.39 is 5.97 Å². The van der Waals surface area contributed by atoms with Crippen LogP contribution in [0.4, 0.5) is 0 Å². The summed E-state index contributed by atoms with van der Waals surface area (Å²) in [6.07, 6.45) is 1.24. The Hall–Kier alpha value is -1.59.